The number of rotatable bonds is 6. The van der Waals surface area contributed by atoms with Crippen molar-refractivity contribution in [2.75, 3.05) is 11.9 Å². The number of nitrogens with one attached hydrogen (secondary N) is 1. The maximum atomic E-state index is 5.68. The summed E-state index contributed by atoms with van der Waals surface area (Å²) in [5.41, 5.74) is 1.13. The maximum absolute atomic E-state index is 5.68. The first-order valence-electron chi connectivity index (χ1n) is 6.11. The van der Waals surface area contributed by atoms with Crippen molar-refractivity contribution in [1.82, 2.24) is 0 Å². The highest BCUT2D eigenvalue weighted by molar-refractivity contribution is 5.48. The zero-order valence-corrected chi connectivity index (χ0v) is 10.8. The highest BCUT2D eigenvalue weighted by Crippen LogP contribution is 2.19. The first-order valence-corrected chi connectivity index (χ1v) is 6.11. The van der Waals surface area contributed by atoms with Crippen LogP contribution in [0.2, 0.25) is 0 Å². The molecular formula is C14H23NO. The molecule has 0 saturated heterocycles. The third-order valence-electron chi connectivity index (χ3n) is 2.44. The van der Waals surface area contributed by atoms with Crippen LogP contribution in [-0.2, 0) is 0 Å². The molecule has 0 aliphatic carbocycles. The highest BCUT2D eigenvalue weighted by Gasteiger charge is 2.01. The molecule has 0 saturated carbocycles. The van der Waals surface area contributed by atoms with Crippen molar-refractivity contribution < 1.29 is 4.74 Å². The lowest BCUT2D eigenvalue weighted by Gasteiger charge is -2.14. The Kier molecular flexibility index (Phi) is 5.17. The number of hydrogen-bond donors (Lipinski definition) is 1. The van der Waals surface area contributed by atoms with Crippen molar-refractivity contribution in [2.24, 2.45) is 5.92 Å². The SMILES string of the molecule is CCC(C)Nc1cccc(OCC(C)C)c1. The molecule has 0 bridgehead atoms. The van der Waals surface area contributed by atoms with Crippen LogP contribution in [0.3, 0.4) is 0 Å². The van der Waals surface area contributed by atoms with Gasteiger partial charge in [-0.3, -0.25) is 0 Å². The molecule has 0 amide bonds. The van der Waals surface area contributed by atoms with Gasteiger partial charge in [0.2, 0.25) is 0 Å². The van der Waals surface area contributed by atoms with Gasteiger partial charge in [-0.15, -0.1) is 0 Å². The molecule has 0 fully saturated rings. The Labute approximate surface area is 99.0 Å². The lowest BCUT2D eigenvalue weighted by molar-refractivity contribution is 0.271. The first kappa shape index (κ1) is 12.9. The van der Waals surface area contributed by atoms with Crippen LogP contribution in [0.25, 0.3) is 0 Å². The van der Waals surface area contributed by atoms with E-state index in [1.54, 1.807) is 0 Å². The summed E-state index contributed by atoms with van der Waals surface area (Å²) in [6.07, 6.45) is 1.12. The van der Waals surface area contributed by atoms with Crippen molar-refractivity contribution in [3.05, 3.63) is 24.3 Å². The predicted octanol–water partition coefficient (Wildman–Crippen LogP) is 3.93. The van der Waals surface area contributed by atoms with Crippen LogP contribution in [0.1, 0.15) is 34.1 Å². The Morgan fingerprint density at radius 1 is 1.25 bits per heavy atom. The van der Waals surface area contributed by atoms with Gasteiger partial charge in [0.1, 0.15) is 5.75 Å². The van der Waals surface area contributed by atoms with Crippen molar-refractivity contribution in [1.29, 1.82) is 0 Å². The van der Waals surface area contributed by atoms with Crippen molar-refractivity contribution >= 4 is 5.69 Å². The zero-order chi connectivity index (χ0) is 12.0. The second kappa shape index (κ2) is 6.41. The van der Waals surface area contributed by atoms with E-state index in [4.69, 9.17) is 4.74 Å². The molecule has 0 heterocycles. The van der Waals surface area contributed by atoms with E-state index >= 15 is 0 Å². The predicted molar refractivity (Wildman–Crippen MR) is 70.2 cm³/mol. The van der Waals surface area contributed by atoms with Crippen LogP contribution >= 0.6 is 0 Å². The number of anilines is 1. The summed E-state index contributed by atoms with van der Waals surface area (Å²) in [4.78, 5) is 0. The monoisotopic (exact) mass is 221 g/mol. The second-order valence-corrected chi connectivity index (χ2v) is 4.69. The summed E-state index contributed by atoms with van der Waals surface area (Å²) in [5.74, 6) is 1.51. The standard InChI is InChI=1S/C14H23NO/c1-5-12(4)15-13-7-6-8-14(9-13)16-10-11(2)3/h6-9,11-12,15H,5,10H2,1-4H3. The summed E-state index contributed by atoms with van der Waals surface area (Å²) >= 11 is 0. The van der Waals surface area contributed by atoms with Gasteiger partial charge in [-0.25, -0.2) is 0 Å². The topological polar surface area (TPSA) is 21.3 Å². The quantitative estimate of drug-likeness (QED) is 0.785. The number of hydrogen-bond acceptors (Lipinski definition) is 2. The van der Waals surface area contributed by atoms with Crippen molar-refractivity contribution in [3.63, 3.8) is 0 Å². The molecule has 0 aliphatic rings. The smallest absolute Gasteiger partial charge is 0.121 e. The molecule has 1 unspecified atom stereocenters. The molecule has 1 aromatic carbocycles. The van der Waals surface area contributed by atoms with E-state index in [0.717, 1.165) is 24.5 Å². The Hall–Kier alpha value is -1.18. The average molecular weight is 221 g/mol. The summed E-state index contributed by atoms with van der Waals surface area (Å²) < 4.78 is 5.68. The first-order chi connectivity index (χ1) is 7.61. The summed E-state index contributed by atoms with van der Waals surface area (Å²) in [7, 11) is 0. The normalized spacial score (nSPS) is 12.6. The molecule has 16 heavy (non-hydrogen) atoms. The fraction of sp³-hybridized carbons (Fsp3) is 0.571. The van der Waals surface area contributed by atoms with Crippen molar-refractivity contribution in [2.45, 2.75) is 40.2 Å². The molecule has 0 aliphatic heterocycles. The number of ether oxygens (including phenoxy) is 1. The minimum atomic E-state index is 0.500. The molecule has 0 spiro atoms. The lowest BCUT2D eigenvalue weighted by Crippen LogP contribution is -2.13. The fourth-order valence-corrected chi connectivity index (χ4v) is 1.33. The third-order valence-corrected chi connectivity index (χ3v) is 2.44. The van der Waals surface area contributed by atoms with E-state index in [2.05, 4.69) is 45.1 Å². The van der Waals surface area contributed by atoms with E-state index in [-0.39, 0.29) is 0 Å². The molecule has 1 rings (SSSR count). The molecule has 0 aromatic heterocycles. The highest BCUT2D eigenvalue weighted by atomic mass is 16.5. The van der Waals surface area contributed by atoms with Crippen LogP contribution in [0.4, 0.5) is 5.69 Å². The van der Waals surface area contributed by atoms with Gasteiger partial charge in [0.05, 0.1) is 6.61 Å². The average Bonchev–Trinajstić information content (AvgIpc) is 2.26. The van der Waals surface area contributed by atoms with Gasteiger partial charge >= 0.3 is 0 Å². The molecule has 1 atom stereocenters. The lowest BCUT2D eigenvalue weighted by atomic mass is 10.2. The Morgan fingerprint density at radius 3 is 2.62 bits per heavy atom. The van der Waals surface area contributed by atoms with Gasteiger partial charge in [-0.2, -0.15) is 0 Å². The van der Waals surface area contributed by atoms with Crippen molar-refractivity contribution in [3.8, 4) is 5.75 Å². The molecule has 2 nitrogen and oxygen atoms in total. The van der Waals surface area contributed by atoms with Crippen LogP contribution in [0.5, 0.6) is 5.75 Å². The Balaban J connectivity index is 2.56. The maximum Gasteiger partial charge on any atom is 0.121 e. The summed E-state index contributed by atoms with van der Waals surface area (Å²) in [5, 5.41) is 3.44. The van der Waals surface area contributed by atoms with E-state index in [9.17, 15) is 0 Å². The van der Waals surface area contributed by atoms with Crippen LogP contribution < -0.4 is 10.1 Å². The second-order valence-electron chi connectivity index (χ2n) is 4.69. The van der Waals surface area contributed by atoms with Gasteiger partial charge < -0.3 is 10.1 Å². The largest absolute Gasteiger partial charge is 0.493 e. The van der Waals surface area contributed by atoms with Crippen LogP contribution in [0, 0.1) is 5.92 Å². The summed E-state index contributed by atoms with van der Waals surface area (Å²) in [6, 6.07) is 8.67. The Morgan fingerprint density at radius 2 is 2.00 bits per heavy atom. The molecule has 1 aromatic rings. The molecule has 90 valence electrons. The molecule has 1 N–H and O–H groups in total. The van der Waals surface area contributed by atoms with Crippen LogP contribution in [-0.4, -0.2) is 12.6 Å². The van der Waals surface area contributed by atoms with Gasteiger partial charge in [0, 0.05) is 17.8 Å². The van der Waals surface area contributed by atoms with E-state index in [0.29, 0.717) is 12.0 Å². The Bertz CT molecular complexity index is 309. The zero-order valence-electron chi connectivity index (χ0n) is 10.8. The minimum Gasteiger partial charge on any atom is -0.493 e. The number of benzene rings is 1. The fourth-order valence-electron chi connectivity index (χ4n) is 1.33. The molecular weight excluding hydrogens is 198 g/mol. The van der Waals surface area contributed by atoms with Gasteiger partial charge in [0.15, 0.2) is 0 Å². The summed E-state index contributed by atoms with van der Waals surface area (Å²) in [6.45, 7) is 9.44. The van der Waals surface area contributed by atoms with E-state index < -0.39 is 0 Å². The molecule has 2 heteroatoms. The van der Waals surface area contributed by atoms with Gasteiger partial charge in [-0.05, 0) is 31.4 Å². The molecule has 0 radical (unpaired) electrons. The van der Waals surface area contributed by atoms with Gasteiger partial charge in [-0.1, -0.05) is 26.8 Å². The van der Waals surface area contributed by atoms with Crippen LogP contribution in [0.15, 0.2) is 24.3 Å². The van der Waals surface area contributed by atoms with E-state index in [1.165, 1.54) is 0 Å². The van der Waals surface area contributed by atoms with Gasteiger partial charge in [0.25, 0.3) is 0 Å². The third kappa shape index (κ3) is 4.56. The van der Waals surface area contributed by atoms with E-state index in [1.807, 2.05) is 12.1 Å². The minimum absolute atomic E-state index is 0.500.